The zero-order valence-corrected chi connectivity index (χ0v) is 10.8. The van der Waals surface area contributed by atoms with Crippen LogP contribution in [0.2, 0.25) is 0 Å². The monoisotopic (exact) mass is 282 g/mol. The van der Waals surface area contributed by atoms with Crippen LogP contribution in [0.3, 0.4) is 0 Å². The first-order chi connectivity index (χ1) is 9.48. The predicted octanol–water partition coefficient (Wildman–Crippen LogP) is -1.57. The minimum atomic E-state index is -0.850. The van der Waals surface area contributed by atoms with Crippen LogP contribution in [0.5, 0.6) is 0 Å². The average molecular weight is 282 g/mol. The van der Waals surface area contributed by atoms with Gasteiger partial charge in [0.25, 0.3) is 11.8 Å². The van der Waals surface area contributed by atoms with Gasteiger partial charge >= 0.3 is 5.97 Å². The van der Waals surface area contributed by atoms with Crippen LogP contribution in [0.25, 0.3) is 0 Å². The van der Waals surface area contributed by atoms with E-state index in [4.69, 9.17) is 10.5 Å². The molecule has 1 aromatic rings. The third kappa shape index (κ3) is 2.48. The topological polar surface area (TPSA) is 136 Å². The van der Waals surface area contributed by atoms with Crippen LogP contribution in [-0.2, 0) is 14.3 Å². The second kappa shape index (κ2) is 5.29. The SMILES string of the molecule is COC(=O)C1(CNC(=O)c2cc(C(N)=O)n[nH]2)COC1. The second-order valence-corrected chi connectivity index (χ2v) is 4.48. The molecule has 0 spiro atoms. The molecule has 2 heterocycles. The molecule has 1 aliphatic rings. The van der Waals surface area contributed by atoms with Crippen molar-refractivity contribution in [2.75, 3.05) is 26.9 Å². The van der Waals surface area contributed by atoms with Gasteiger partial charge in [-0.2, -0.15) is 5.10 Å². The first-order valence-electron chi connectivity index (χ1n) is 5.78. The van der Waals surface area contributed by atoms with Gasteiger partial charge in [-0.05, 0) is 0 Å². The largest absolute Gasteiger partial charge is 0.468 e. The van der Waals surface area contributed by atoms with Crippen LogP contribution in [0.4, 0.5) is 0 Å². The Morgan fingerprint density at radius 1 is 1.55 bits per heavy atom. The van der Waals surface area contributed by atoms with Crippen molar-refractivity contribution in [3.8, 4) is 0 Å². The molecule has 2 rings (SSSR count). The number of aromatic amines is 1. The molecule has 1 saturated heterocycles. The van der Waals surface area contributed by atoms with Crippen molar-refractivity contribution in [3.63, 3.8) is 0 Å². The third-order valence-corrected chi connectivity index (χ3v) is 3.04. The van der Waals surface area contributed by atoms with Crippen molar-refractivity contribution < 1.29 is 23.9 Å². The molecule has 1 fully saturated rings. The Bertz CT molecular complexity index is 549. The van der Waals surface area contributed by atoms with Gasteiger partial charge in [0.1, 0.15) is 11.1 Å². The van der Waals surface area contributed by atoms with Crippen molar-refractivity contribution in [3.05, 3.63) is 17.5 Å². The molecule has 1 aromatic heterocycles. The van der Waals surface area contributed by atoms with E-state index >= 15 is 0 Å². The molecule has 0 bridgehead atoms. The number of aromatic nitrogens is 2. The number of ether oxygens (including phenoxy) is 2. The van der Waals surface area contributed by atoms with Gasteiger partial charge in [0.2, 0.25) is 0 Å². The molecule has 0 atom stereocenters. The van der Waals surface area contributed by atoms with E-state index in [-0.39, 0.29) is 31.1 Å². The van der Waals surface area contributed by atoms with Crippen LogP contribution in [0, 0.1) is 5.41 Å². The number of carbonyl (C=O) groups is 3. The van der Waals surface area contributed by atoms with Crippen molar-refractivity contribution in [2.45, 2.75) is 0 Å². The smallest absolute Gasteiger partial charge is 0.318 e. The summed E-state index contributed by atoms with van der Waals surface area (Å²) in [6, 6.07) is 1.24. The minimum Gasteiger partial charge on any atom is -0.468 e. The van der Waals surface area contributed by atoms with E-state index in [0.717, 1.165) is 0 Å². The van der Waals surface area contributed by atoms with E-state index in [9.17, 15) is 14.4 Å². The summed E-state index contributed by atoms with van der Waals surface area (Å²) in [7, 11) is 1.28. The van der Waals surface area contributed by atoms with Gasteiger partial charge in [-0.1, -0.05) is 0 Å². The summed E-state index contributed by atoms with van der Waals surface area (Å²) >= 11 is 0. The molecular formula is C11H14N4O5. The second-order valence-electron chi connectivity index (χ2n) is 4.48. The summed E-state index contributed by atoms with van der Waals surface area (Å²) in [5.74, 6) is -1.68. The maximum absolute atomic E-state index is 11.9. The summed E-state index contributed by atoms with van der Waals surface area (Å²) in [6.07, 6.45) is 0. The van der Waals surface area contributed by atoms with Gasteiger partial charge in [0.05, 0.1) is 20.3 Å². The molecule has 0 aromatic carbocycles. The number of primary amides is 1. The van der Waals surface area contributed by atoms with Gasteiger partial charge in [0.15, 0.2) is 5.69 Å². The van der Waals surface area contributed by atoms with E-state index in [0.29, 0.717) is 0 Å². The van der Waals surface area contributed by atoms with E-state index in [2.05, 4.69) is 20.3 Å². The van der Waals surface area contributed by atoms with Crippen LogP contribution in [0.1, 0.15) is 21.0 Å². The first-order valence-corrected chi connectivity index (χ1v) is 5.78. The molecule has 108 valence electrons. The highest BCUT2D eigenvalue weighted by atomic mass is 16.5. The zero-order valence-electron chi connectivity index (χ0n) is 10.8. The molecule has 20 heavy (non-hydrogen) atoms. The van der Waals surface area contributed by atoms with Crippen LogP contribution >= 0.6 is 0 Å². The highest BCUT2D eigenvalue weighted by Gasteiger charge is 2.47. The van der Waals surface area contributed by atoms with Crippen molar-refractivity contribution in [2.24, 2.45) is 11.1 Å². The fourth-order valence-electron chi connectivity index (χ4n) is 1.77. The Labute approximate surface area is 113 Å². The number of hydrogen-bond donors (Lipinski definition) is 3. The van der Waals surface area contributed by atoms with Gasteiger partial charge in [-0.25, -0.2) is 0 Å². The predicted molar refractivity (Wildman–Crippen MR) is 64.7 cm³/mol. The molecular weight excluding hydrogens is 268 g/mol. The normalized spacial score (nSPS) is 16.1. The minimum absolute atomic E-state index is 0.0372. The molecule has 9 heteroatoms. The lowest BCUT2D eigenvalue weighted by Crippen LogP contribution is -2.56. The molecule has 4 N–H and O–H groups in total. The fraction of sp³-hybridized carbons (Fsp3) is 0.455. The van der Waals surface area contributed by atoms with Gasteiger partial charge in [-0.15, -0.1) is 0 Å². The van der Waals surface area contributed by atoms with Crippen LogP contribution in [0.15, 0.2) is 6.07 Å². The number of H-pyrrole nitrogens is 1. The van der Waals surface area contributed by atoms with Gasteiger partial charge in [0, 0.05) is 12.6 Å². The van der Waals surface area contributed by atoms with Crippen molar-refractivity contribution >= 4 is 17.8 Å². The fourth-order valence-corrected chi connectivity index (χ4v) is 1.77. The lowest BCUT2D eigenvalue weighted by Gasteiger charge is -2.38. The molecule has 9 nitrogen and oxygen atoms in total. The molecule has 0 unspecified atom stereocenters. The Kier molecular flexibility index (Phi) is 3.70. The van der Waals surface area contributed by atoms with Crippen molar-refractivity contribution in [1.82, 2.24) is 15.5 Å². The van der Waals surface area contributed by atoms with E-state index in [1.165, 1.54) is 13.2 Å². The third-order valence-electron chi connectivity index (χ3n) is 3.04. The summed E-state index contributed by atoms with van der Waals surface area (Å²) in [4.78, 5) is 34.3. The van der Waals surface area contributed by atoms with Gasteiger partial charge < -0.3 is 20.5 Å². The number of esters is 1. The van der Waals surface area contributed by atoms with Crippen molar-refractivity contribution in [1.29, 1.82) is 0 Å². The average Bonchev–Trinajstić information content (AvgIpc) is 2.86. The molecule has 0 saturated carbocycles. The summed E-state index contributed by atoms with van der Waals surface area (Å²) in [5.41, 5.74) is 4.22. The van der Waals surface area contributed by atoms with Crippen LogP contribution < -0.4 is 11.1 Å². The Balaban J connectivity index is 1.97. The Hall–Kier alpha value is -2.42. The number of methoxy groups -OCH3 is 1. The first kappa shape index (κ1) is 14.0. The van der Waals surface area contributed by atoms with E-state index in [1.54, 1.807) is 0 Å². The summed E-state index contributed by atoms with van der Waals surface area (Å²) < 4.78 is 9.68. The quantitative estimate of drug-likeness (QED) is 0.558. The van der Waals surface area contributed by atoms with Gasteiger partial charge in [-0.3, -0.25) is 19.5 Å². The Morgan fingerprint density at radius 3 is 2.70 bits per heavy atom. The summed E-state index contributed by atoms with van der Waals surface area (Å²) in [6.45, 7) is 0.453. The number of rotatable bonds is 5. The molecule has 0 radical (unpaired) electrons. The van der Waals surface area contributed by atoms with E-state index in [1.807, 2.05) is 0 Å². The number of nitrogens with zero attached hydrogens (tertiary/aromatic N) is 1. The van der Waals surface area contributed by atoms with Crippen LogP contribution in [-0.4, -0.2) is 54.8 Å². The number of nitrogens with two attached hydrogens (primary N) is 1. The highest BCUT2D eigenvalue weighted by Crippen LogP contribution is 2.28. The van der Waals surface area contributed by atoms with E-state index < -0.39 is 23.2 Å². The lowest BCUT2D eigenvalue weighted by atomic mass is 9.86. The summed E-state index contributed by atoms with van der Waals surface area (Å²) in [5, 5.41) is 8.55. The number of hydrogen-bond acceptors (Lipinski definition) is 6. The number of amides is 2. The maximum Gasteiger partial charge on any atom is 0.318 e. The molecule has 0 aliphatic carbocycles. The zero-order chi connectivity index (χ0) is 14.8. The molecule has 1 aliphatic heterocycles. The maximum atomic E-state index is 11.9. The highest BCUT2D eigenvalue weighted by molar-refractivity contribution is 5.97. The number of nitrogens with one attached hydrogen (secondary N) is 2. The number of carbonyl (C=O) groups excluding carboxylic acids is 3. The Morgan fingerprint density at radius 2 is 2.25 bits per heavy atom. The lowest BCUT2D eigenvalue weighted by molar-refractivity contribution is -0.181. The standard InChI is InChI=1S/C11H14N4O5/c1-19-10(18)11(4-20-5-11)3-13-9(17)7-2-6(8(12)16)14-15-7/h2H,3-5H2,1H3,(H2,12,16)(H,13,17)(H,14,15). The molecule has 2 amide bonds.